The van der Waals surface area contributed by atoms with E-state index in [9.17, 15) is 0 Å². The number of hydrogen-bond donors (Lipinski definition) is 0. The number of rotatable bonds is 12. The van der Waals surface area contributed by atoms with Crippen molar-refractivity contribution in [3.8, 4) is 0 Å². The zero-order valence-corrected chi connectivity index (χ0v) is 28.8. The van der Waals surface area contributed by atoms with Crippen molar-refractivity contribution >= 4 is 49.6 Å². The van der Waals surface area contributed by atoms with Gasteiger partial charge in [0.1, 0.15) is 0 Å². The molecule has 0 N–H and O–H groups in total. The predicted octanol–water partition coefficient (Wildman–Crippen LogP) is 9.02. The maximum absolute atomic E-state index is 7.14. The van der Waals surface area contributed by atoms with E-state index in [-0.39, 0.29) is 16.2 Å². The smallest absolute Gasteiger partial charge is 0.261 e. The van der Waals surface area contributed by atoms with E-state index in [1.807, 2.05) is 0 Å². The summed E-state index contributed by atoms with van der Waals surface area (Å²) in [5, 5.41) is 2.88. The highest BCUT2D eigenvalue weighted by Crippen LogP contribution is 2.39. The van der Waals surface area contributed by atoms with E-state index >= 15 is 0 Å². The summed E-state index contributed by atoms with van der Waals surface area (Å²) in [6, 6.07) is 21.8. The fraction of sp³-hybridized carbons (Fsp3) is 0.500. The fourth-order valence-electron chi connectivity index (χ4n) is 4.67. The third-order valence-corrected chi connectivity index (χ3v) is 17.8. The Labute approximate surface area is 243 Å². The summed E-state index contributed by atoms with van der Waals surface area (Å²) in [5.41, 5.74) is 1.45. The maximum atomic E-state index is 7.14. The Morgan fingerprint density at radius 1 is 0.838 bits per heavy atom. The van der Waals surface area contributed by atoms with Crippen LogP contribution in [0, 0.1) is 0 Å². The molecule has 2 aromatic rings. The number of halogens is 1. The van der Waals surface area contributed by atoms with E-state index in [1.165, 1.54) is 15.9 Å². The van der Waals surface area contributed by atoms with Crippen LogP contribution in [-0.4, -0.2) is 29.3 Å². The third-order valence-electron chi connectivity index (χ3n) is 7.86. The molecule has 2 rings (SSSR count). The molecule has 0 radical (unpaired) electrons. The van der Waals surface area contributed by atoms with Crippen molar-refractivity contribution in [2.75, 3.05) is 6.61 Å². The average Bonchev–Trinajstić information content (AvgIpc) is 2.83. The molecule has 37 heavy (non-hydrogen) atoms. The number of hydrogen-bond acceptors (Lipinski definition) is 2. The number of benzene rings is 2. The Kier molecular flexibility index (Phi) is 12.1. The summed E-state index contributed by atoms with van der Waals surface area (Å²) in [6.45, 7) is 21.5. The molecule has 0 amide bonds. The van der Waals surface area contributed by atoms with Gasteiger partial charge in [-0.05, 0) is 63.8 Å². The van der Waals surface area contributed by atoms with Gasteiger partial charge in [0, 0.05) is 6.61 Å². The minimum atomic E-state index is -2.50. The van der Waals surface area contributed by atoms with Crippen LogP contribution in [-0.2, 0) is 8.85 Å². The van der Waals surface area contributed by atoms with Crippen molar-refractivity contribution in [3.05, 3.63) is 82.5 Å². The van der Waals surface area contributed by atoms with E-state index in [1.54, 1.807) is 0 Å². The zero-order chi connectivity index (χ0) is 27.7. The minimum Gasteiger partial charge on any atom is -0.411 e. The molecule has 0 aliphatic heterocycles. The van der Waals surface area contributed by atoms with Crippen LogP contribution in [0.15, 0.2) is 82.5 Å². The van der Waals surface area contributed by atoms with Crippen LogP contribution >= 0.6 is 22.6 Å². The summed E-state index contributed by atoms with van der Waals surface area (Å²) in [7, 11) is -4.32. The van der Waals surface area contributed by atoms with E-state index in [0.717, 1.165) is 25.9 Å². The second kappa shape index (κ2) is 13.9. The Bertz CT molecular complexity index is 963. The molecule has 0 aromatic heterocycles. The van der Waals surface area contributed by atoms with Crippen molar-refractivity contribution in [2.24, 2.45) is 0 Å². The lowest BCUT2D eigenvalue weighted by molar-refractivity contribution is 0.214. The van der Waals surface area contributed by atoms with Crippen LogP contribution in [0.5, 0.6) is 0 Å². The molecule has 0 bridgehead atoms. The SMILES string of the molecule is C/C=C(\CCO[Si](c1ccccc1)(c1ccccc1)C(C)(C)C)CC[C@@H](/C=C\I)O[Si](C)(C)C(C)(C)C. The maximum Gasteiger partial charge on any atom is 0.261 e. The van der Waals surface area contributed by atoms with Gasteiger partial charge in [0.2, 0.25) is 0 Å². The molecule has 0 fully saturated rings. The third kappa shape index (κ3) is 8.49. The van der Waals surface area contributed by atoms with Crippen molar-refractivity contribution in [1.29, 1.82) is 0 Å². The van der Waals surface area contributed by atoms with Gasteiger partial charge in [0.05, 0.1) is 6.10 Å². The highest BCUT2D eigenvalue weighted by Gasteiger charge is 2.50. The molecule has 0 spiro atoms. The summed E-state index contributed by atoms with van der Waals surface area (Å²) in [4.78, 5) is 0. The van der Waals surface area contributed by atoms with E-state index < -0.39 is 16.6 Å². The second-order valence-corrected chi connectivity index (χ2v) is 22.3. The molecule has 0 heterocycles. The lowest BCUT2D eigenvalue weighted by Gasteiger charge is -2.43. The lowest BCUT2D eigenvalue weighted by Crippen LogP contribution is -2.66. The van der Waals surface area contributed by atoms with Crippen molar-refractivity contribution < 1.29 is 8.85 Å². The van der Waals surface area contributed by atoms with Crippen LogP contribution in [0.4, 0.5) is 0 Å². The summed E-state index contributed by atoms with van der Waals surface area (Å²) in [6.07, 6.45) is 7.65. The topological polar surface area (TPSA) is 18.5 Å². The van der Waals surface area contributed by atoms with Crippen molar-refractivity contribution in [3.63, 3.8) is 0 Å². The zero-order valence-electron chi connectivity index (χ0n) is 24.6. The van der Waals surface area contributed by atoms with Gasteiger partial charge in [-0.1, -0.05) is 143 Å². The van der Waals surface area contributed by atoms with E-state index in [4.69, 9.17) is 8.85 Å². The molecule has 0 unspecified atom stereocenters. The van der Waals surface area contributed by atoms with Gasteiger partial charge in [-0.15, -0.1) is 0 Å². The first-order chi connectivity index (χ1) is 17.3. The van der Waals surface area contributed by atoms with Crippen LogP contribution < -0.4 is 10.4 Å². The van der Waals surface area contributed by atoms with Crippen LogP contribution in [0.1, 0.15) is 67.7 Å². The molecule has 204 valence electrons. The van der Waals surface area contributed by atoms with Gasteiger partial charge >= 0.3 is 0 Å². The van der Waals surface area contributed by atoms with Crippen molar-refractivity contribution in [2.45, 2.75) is 97.0 Å². The first-order valence-corrected chi connectivity index (χ1v) is 19.7. The molecule has 1 atom stereocenters. The van der Waals surface area contributed by atoms with Crippen LogP contribution in [0.2, 0.25) is 23.2 Å². The average molecular weight is 649 g/mol. The van der Waals surface area contributed by atoms with Gasteiger partial charge in [0.25, 0.3) is 8.32 Å². The van der Waals surface area contributed by atoms with E-state index in [2.05, 4.69) is 161 Å². The highest BCUT2D eigenvalue weighted by molar-refractivity contribution is 14.1. The summed E-state index contributed by atoms with van der Waals surface area (Å²) in [5.74, 6) is 0. The first kappa shape index (κ1) is 32.2. The summed E-state index contributed by atoms with van der Waals surface area (Å²) >= 11 is 2.32. The quantitative estimate of drug-likeness (QED) is 0.130. The highest BCUT2D eigenvalue weighted by atomic mass is 127. The van der Waals surface area contributed by atoms with E-state index in [0.29, 0.717) is 0 Å². The van der Waals surface area contributed by atoms with Crippen LogP contribution in [0.3, 0.4) is 0 Å². The minimum absolute atomic E-state index is 0.00101. The molecule has 0 saturated carbocycles. The summed E-state index contributed by atoms with van der Waals surface area (Å²) < 4.78 is 16.0. The second-order valence-electron chi connectivity index (χ2n) is 12.5. The molecule has 2 nitrogen and oxygen atoms in total. The largest absolute Gasteiger partial charge is 0.411 e. The lowest BCUT2D eigenvalue weighted by atomic mass is 10.0. The molecule has 0 saturated heterocycles. The van der Waals surface area contributed by atoms with Gasteiger partial charge in [-0.3, -0.25) is 0 Å². The molecule has 2 aromatic carbocycles. The Balaban J connectivity index is 2.20. The van der Waals surface area contributed by atoms with Gasteiger partial charge in [-0.2, -0.15) is 0 Å². The van der Waals surface area contributed by atoms with Gasteiger partial charge in [0.15, 0.2) is 8.32 Å². The molecular formula is C32H49IO2Si2. The van der Waals surface area contributed by atoms with Crippen LogP contribution in [0.25, 0.3) is 0 Å². The Morgan fingerprint density at radius 3 is 1.76 bits per heavy atom. The predicted molar refractivity (Wildman–Crippen MR) is 176 cm³/mol. The molecule has 0 aliphatic carbocycles. The number of allylic oxidation sites excluding steroid dienone is 1. The Morgan fingerprint density at radius 2 is 1.35 bits per heavy atom. The fourth-order valence-corrected chi connectivity index (χ4v) is 11.0. The first-order valence-electron chi connectivity index (χ1n) is 13.6. The monoisotopic (exact) mass is 648 g/mol. The van der Waals surface area contributed by atoms with Gasteiger partial charge in [-0.25, -0.2) is 0 Å². The molecular weight excluding hydrogens is 599 g/mol. The normalized spacial score (nSPS) is 14.8. The Hall–Kier alpha value is -0.996. The van der Waals surface area contributed by atoms with Gasteiger partial charge < -0.3 is 8.85 Å². The standard InChI is InChI=1S/C32H49IO2Si2/c1-10-27(21-22-28(23-25-33)35-36(8,9)31(2,3)4)24-26-34-37(32(5,6)7,29-17-13-11-14-18-29)30-19-15-12-16-20-30/h10-20,23,25,28H,21-22,24,26H2,1-9H3/b25-23-,27-10-/t28-/m0/s1. The molecule has 0 aliphatic rings. The molecule has 5 heteroatoms. The van der Waals surface area contributed by atoms with Crippen molar-refractivity contribution in [1.82, 2.24) is 0 Å².